The largest absolute Gasteiger partial charge is 0.357 e. The summed E-state index contributed by atoms with van der Waals surface area (Å²) in [4.78, 5) is 28.7. The van der Waals surface area contributed by atoms with Gasteiger partial charge in [-0.1, -0.05) is 72.3 Å². The topological polar surface area (TPSA) is 86.8 Å². The normalized spacial score (nSPS) is 11.9. The number of anilines is 1. The minimum absolute atomic E-state index is 0.0174. The molecule has 41 heavy (non-hydrogen) atoms. The number of hydrogen-bond donors (Lipinski definition) is 1. The van der Waals surface area contributed by atoms with Crippen molar-refractivity contribution in [3.8, 4) is 0 Å². The Balaban J connectivity index is 1.77. The van der Waals surface area contributed by atoms with Crippen LogP contribution in [0.15, 0.2) is 114 Å². The van der Waals surface area contributed by atoms with E-state index < -0.39 is 40.2 Å². The second kappa shape index (κ2) is 13.4. The number of nitrogens with one attached hydrogen (secondary N) is 1. The zero-order chi connectivity index (χ0) is 29.4. The molecule has 0 aliphatic rings. The Morgan fingerprint density at radius 3 is 2.00 bits per heavy atom. The summed E-state index contributed by atoms with van der Waals surface area (Å²) >= 11 is 6.07. The van der Waals surface area contributed by atoms with Crippen LogP contribution in [0.25, 0.3) is 0 Å². The number of benzene rings is 4. The molecule has 10 heteroatoms. The molecule has 4 rings (SSSR count). The monoisotopic (exact) mass is 593 g/mol. The van der Waals surface area contributed by atoms with Crippen molar-refractivity contribution >= 4 is 39.1 Å². The third-order valence-electron chi connectivity index (χ3n) is 6.51. The maximum atomic E-state index is 14.1. The van der Waals surface area contributed by atoms with Gasteiger partial charge in [0.05, 0.1) is 10.6 Å². The molecule has 0 fully saturated rings. The number of carbonyl (C=O) groups excluding carboxylic acids is 2. The predicted molar refractivity (Wildman–Crippen MR) is 157 cm³/mol. The standard InChI is InChI=1S/C31H29ClFN3O4S/c1-34-31(38)29(20-23-8-4-2-5-9-23)35(21-24-12-14-25(32)15-13-24)30(37)22-36(27-18-16-26(33)17-19-27)41(39,40)28-10-6-3-7-11-28/h2-19,29H,20-22H2,1H3,(H,34,38)/t29-/m1/s1. The van der Waals surface area contributed by atoms with Crippen LogP contribution in [0.5, 0.6) is 0 Å². The Kier molecular flexibility index (Phi) is 9.75. The van der Waals surface area contributed by atoms with Gasteiger partial charge in [-0.2, -0.15) is 0 Å². The van der Waals surface area contributed by atoms with Crippen LogP contribution in [-0.2, 0) is 32.6 Å². The lowest BCUT2D eigenvalue weighted by molar-refractivity contribution is -0.139. The van der Waals surface area contributed by atoms with Gasteiger partial charge >= 0.3 is 0 Å². The van der Waals surface area contributed by atoms with Gasteiger partial charge in [0.1, 0.15) is 18.4 Å². The number of rotatable bonds is 11. The van der Waals surface area contributed by atoms with Gasteiger partial charge in [0, 0.05) is 25.0 Å². The fourth-order valence-corrected chi connectivity index (χ4v) is 5.92. The van der Waals surface area contributed by atoms with E-state index >= 15 is 0 Å². The third-order valence-corrected chi connectivity index (χ3v) is 8.55. The first kappa shape index (κ1) is 29.8. The van der Waals surface area contributed by atoms with Crippen molar-refractivity contribution in [3.05, 3.63) is 131 Å². The highest BCUT2D eigenvalue weighted by atomic mass is 35.5. The molecule has 0 aliphatic heterocycles. The minimum Gasteiger partial charge on any atom is -0.357 e. The van der Waals surface area contributed by atoms with Gasteiger partial charge in [0.25, 0.3) is 10.0 Å². The summed E-state index contributed by atoms with van der Waals surface area (Å²) in [5.41, 5.74) is 1.63. The molecule has 1 atom stereocenters. The van der Waals surface area contributed by atoms with E-state index in [1.807, 2.05) is 30.3 Å². The molecule has 4 aromatic rings. The van der Waals surface area contributed by atoms with Crippen molar-refractivity contribution < 1.29 is 22.4 Å². The van der Waals surface area contributed by atoms with Gasteiger partial charge in [-0.05, 0) is 59.7 Å². The highest BCUT2D eigenvalue weighted by molar-refractivity contribution is 7.92. The fraction of sp³-hybridized carbons (Fsp3) is 0.161. The minimum atomic E-state index is -4.24. The highest BCUT2D eigenvalue weighted by Crippen LogP contribution is 2.25. The molecular weight excluding hydrogens is 565 g/mol. The van der Waals surface area contributed by atoms with Crippen molar-refractivity contribution in [2.75, 3.05) is 17.9 Å². The summed E-state index contributed by atoms with van der Waals surface area (Å²) < 4.78 is 42.3. The fourth-order valence-electron chi connectivity index (χ4n) is 4.36. The van der Waals surface area contributed by atoms with Crippen LogP contribution >= 0.6 is 11.6 Å². The van der Waals surface area contributed by atoms with Crippen molar-refractivity contribution in [3.63, 3.8) is 0 Å². The molecule has 0 aromatic heterocycles. The molecule has 0 radical (unpaired) electrons. The number of hydrogen-bond acceptors (Lipinski definition) is 4. The molecule has 4 aromatic carbocycles. The number of halogens is 2. The second-order valence-electron chi connectivity index (χ2n) is 9.27. The van der Waals surface area contributed by atoms with Crippen LogP contribution in [0.2, 0.25) is 5.02 Å². The van der Waals surface area contributed by atoms with E-state index in [-0.39, 0.29) is 23.5 Å². The summed E-state index contributed by atoms with van der Waals surface area (Å²) in [6, 6.07) is 27.6. The predicted octanol–water partition coefficient (Wildman–Crippen LogP) is 5.06. The summed E-state index contributed by atoms with van der Waals surface area (Å²) in [7, 11) is -2.76. The Bertz CT molecular complexity index is 1570. The first-order valence-corrected chi connectivity index (χ1v) is 14.6. The number of carbonyl (C=O) groups is 2. The lowest BCUT2D eigenvalue weighted by Gasteiger charge is -2.33. The summed E-state index contributed by atoms with van der Waals surface area (Å²) in [5.74, 6) is -1.58. The third kappa shape index (κ3) is 7.50. The van der Waals surface area contributed by atoms with Gasteiger partial charge in [-0.3, -0.25) is 13.9 Å². The van der Waals surface area contributed by atoms with Gasteiger partial charge in [-0.15, -0.1) is 0 Å². The Labute approximate surface area is 244 Å². The van der Waals surface area contributed by atoms with E-state index in [0.717, 1.165) is 22.0 Å². The van der Waals surface area contributed by atoms with Crippen molar-refractivity contribution in [1.29, 1.82) is 0 Å². The summed E-state index contributed by atoms with van der Waals surface area (Å²) in [5, 5.41) is 3.14. The van der Waals surface area contributed by atoms with Crippen molar-refractivity contribution in [1.82, 2.24) is 10.2 Å². The molecule has 2 amide bonds. The Morgan fingerprint density at radius 1 is 0.829 bits per heavy atom. The molecule has 0 unspecified atom stereocenters. The van der Waals surface area contributed by atoms with Gasteiger partial charge in [0.15, 0.2) is 0 Å². The number of likely N-dealkylation sites (N-methyl/N-ethyl adjacent to an activating group) is 1. The molecule has 0 spiro atoms. The number of sulfonamides is 1. The average molecular weight is 594 g/mol. The van der Waals surface area contributed by atoms with E-state index in [0.29, 0.717) is 10.6 Å². The molecule has 212 valence electrons. The molecule has 0 saturated carbocycles. The van der Waals surface area contributed by atoms with Gasteiger partial charge in [-0.25, -0.2) is 12.8 Å². The molecule has 0 heterocycles. The summed E-state index contributed by atoms with van der Waals surface area (Å²) in [6.45, 7) is -0.609. The quantitative estimate of drug-likeness (QED) is 0.263. The Morgan fingerprint density at radius 2 is 1.41 bits per heavy atom. The maximum Gasteiger partial charge on any atom is 0.264 e. The highest BCUT2D eigenvalue weighted by Gasteiger charge is 2.34. The number of nitrogens with zero attached hydrogens (tertiary/aromatic N) is 2. The van der Waals surface area contributed by atoms with Crippen LogP contribution in [0.4, 0.5) is 10.1 Å². The van der Waals surface area contributed by atoms with E-state index in [4.69, 9.17) is 11.6 Å². The molecule has 0 bridgehead atoms. The SMILES string of the molecule is CNC(=O)[C@@H](Cc1ccccc1)N(Cc1ccc(Cl)cc1)C(=O)CN(c1ccc(F)cc1)S(=O)(=O)c1ccccc1. The summed E-state index contributed by atoms with van der Waals surface area (Å²) in [6.07, 6.45) is 0.196. The van der Waals surface area contributed by atoms with E-state index in [9.17, 15) is 22.4 Å². The lowest BCUT2D eigenvalue weighted by Crippen LogP contribution is -2.53. The van der Waals surface area contributed by atoms with E-state index in [2.05, 4.69) is 5.32 Å². The van der Waals surface area contributed by atoms with Crippen LogP contribution in [0.3, 0.4) is 0 Å². The molecule has 7 nitrogen and oxygen atoms in total. The molecule has 0 saturated heterocycles. The smallest absolute Gasteiger partial charge is 0.264 e. The first-order valence-electron chi connectivity index (χ1n) is 12.8. The molecule has 1 N–H and O–H groups in total. The van der Waals surface area contributed by atoms with Crippen LogP contribution < -0.4 is 9.62 Å². The van der Waals surface area contributed by atoms with Crippen molar-refractivity contribution in [2.24, 2.45) is 0 Å². The average Bonchev–Trinajstić information content (AvgIpc) is 2.99. The first-order chi connectivity index (χ1) is 19.7. The van der Waals surface area contributed by atoms with Crippen molar-refractivity contribution in [2.45, 2.75) is 23.9 Å². The van der Waals surface area contributed by atoms with Crippen LogP contribution in [-0.4, -0.2) is 44.8 Å². The lowest BCUT2D eigenvalue weighted by atomic mass is 10.0. The second-order valence-corrected chi connectivity index (χ2v) is 11.6. The molecular formula is C31H29ClFN3O4S. The Hall–Kier alpha value is -4.21. The van der Waals surface area contributed by atoms with Gasteiger partial charge < -0.3 is 10.2 Å². The zero-order valence-electron chi connectivity index (χ0n) is 22.3. The molecule has 0 aliphatic carbocycles. The van der Waals surface area contributed by atoms with Crippen LogP contribution in [0, 0.1) is 5.82 Å². The zero-order valence-corrected chi connectivity index (χ0v) is 23.9. The van der Waals surface area contributed by atoms with E-state index in [1.165, 1.54) is 36.2 Å². The maximum absolute atomic E-state index is 14.1. The van der Waals surface area contributed by atoms with E-state index in [1.54, 1.807) is 42.5 Å². The number of amides is 2. The van der Waals surface area contributed by atoms with Gasteiger partial charge in [0.2, 0.25) is 11.8 Å². The van der Waals surface area contributed by atoms with Crippen LogP contribution in [0.1, 0.15) is 11.1 Å².